The SMILES string of the molecule is Cc1nn(Cn2cc(Cl)cn2)c(C)c1NC(=O)c1ccc(Cl)cc1. The van der Waals surface area contributed by atoms with Crippen LogP contribution in [0.3, 0.4) is 0 Å². The van der Waals surface area contributed by atoms with E-state index in [-0.39, 0.29) is 5.91 Å². The molecule has 0 radical (unpaired) electrons. The summed E-state index contributed by atoms with van der Waals surface area (Å²) in [4.78, 5) is 12.4. The fourth-order valence-corrected chi connectivity index (χ4v) is 2.64. The van der Waals surface area contributed by atoms with Crippen LogP contribution in [-0.4, -0.2) is 25.5 Å². The minimum atomic E-state index is -0.209. The fraction of sp³-hybridized carbons (Fsp3) is 0.188. The van der Waals surface area contributed by atoms with Crippen molar-refractivity contribution in [3.05, 3.63) is 63.7 Å². The maximum absolute atomic E-state index is 12.4. The number of aryl methyl sites for hydroxylation is 1. The smallest absolute Gasteiger partial charge is 0.255 e. The largest absolute Gasteiger partial charge is 0.319 e. The Hall–Kier alpha value is -2.31. The summed E-state index contributed by atoms with van der Waals surface area (Å²) in [6.45, 7) is 4.15. The first-order valence-corrected chi connectivity index (χ1v) is 7.98. The average Bonchev–Trinajstić information content (AvgIpc) is 3.06. The lowest BCUT2D eigenvalue weighted by Crippen LogP contribution is -2.14. The molecule has 0 unspecified atom stereocenters. The summed E-state index contributed by atoms with van der Waals surface area (Å²) < 4.78 is 3.43. The molecule has 2 heterocycles. The Kier molecular flexibility index (Phi) is 4.59. The molecule has 124 valence electrons. The first-order chi connectivity index (χ1) is 11.4. The van der Waals surface area contributed by atoms with Crippen LogP contribution < -0.4 is 5.32 Å². The molecule has 3 aromatic rings. The molecule has 1 aromatic carbocycles. The normalized spacial score (nSPS) is 10.8. The zero-order chi connectivity index (χ0) is 17.3. The third-order valence-electron chi connectivity index (χ3n) is 3.61. The molecule has 0 bridgehead atoms. The van der Waals surface area contributed by atoms with Gasteiger partial charge in [0.1, 0.15) is 6.67 Å². The lowest BCUT2D eigenvalue weighted by atomic mass is 10.2. The van der Waals surface area contributed by atoms with Crippen molar-refractivity contribution >= 4 is 34.8 Å². The summed E-state index contributed by atoms with van der Waals surface area (Å²) in [6, 6.07) is 6.72. The highest BCUT2D eigenvalue weighted by atomic mass is 35.5. The Morgan fingerprint density at radius 1 is 1.17 bits per heavy atom. The van der Waals surface area contributed by atoms with Gasteiger partial charge in [0, 0.05) is 16.8 Å². The average molecular weight is 364 g/mol. The van der Waals surface area contributed by atoms with Crippen molar-refractivity contribution in [1.29, 1.82) is 0 Å². The summed E-state index contributed by atoms with van der Waals surface area (Å²) in [5, 5.41) is 12.6. The van der Waals surface area contributed by atoms with E-state index in [9.17, 15) is 4.79 Å². The van der Waals surface area contributed by atoms with E-state index < -0.39 is 0 Å². The predicted octanol–water partition coefficient (Wildman–Crippen LogP) is 3.76. The Balaban J connectivity index is 1.81. The van der Waals surface area contributed by atoms with Crippen molar-refractivity contribution < 1.29 is 4.79 Å². The number of hydrogen-bond acceptors (Lipinski definition) is 3. The van der Waals surface area contributed by atoms with E-state index in [1.54, 1.807) is 46.0 Å². The third-order valence-corrected chi connectivity index (χ3v) is 4.05. The highest BCUT2D eigenvalue weighted by Crippen LogP contribution is 2.21. The fourth-order valence-electron chi connectivity index (χ4n) is 2.36. The topological polar surface area (TPSA) is 64.7 Å². The number of benzene rings is 1. The number of aromatic nitrogens is 4. The van der Waals surface area contributed by atoms with E-state index in [0.717, 1.165) is 11.4 Å². The van der Waals surface area contributed by atoms with E-state index in [2.05, 4.69) is 15.5 Å². The van der Waals surface area contributed by atoms with Crippen molar-refractivity contribution in [3.8, 4) is 0 Å². The van der Waals surface area contributed by atoms with Crippen LogP contribution in [0.2, 0.25) is 10.0 Å². The Bertz CT molecular complexity index is 883. The number of halogens is 2. The van der Waals surface area contributed by atoms with E-state index >= 15 is 0 Å². The summed E-state index contributed by atoms with van der Waals surface area (Å²) >= 11 is 11.7. The van der Waals surface area contributed by atoms with Gasteiger partial charge in [-0.25, -0.2) is 9.36 Å². The van der Waals surface area contributed by atoms with Crippen molar-refractivity contribution in [2.24, 2.45) is 0 Å². The molecule has 0 atom stereocenters. The second kappa shape index (κ2) is 6.67. The lowest BCUT2D eigenvalue weighted by Gasteiger charge is -2.07. The number of anilines is 1. The van der Waals surface area contributed by atoms with Gasteiger partial charge in [0.15, 0.2) is 0 Å². The van der Waals surface area contributed by atoms with E-state index in [1.165, 1.54) is 0 Å². The van der Waals surface area contributed by atoms with Gasteiger partial charge in [-0.3, -0.25) is 4.79 Å². The minimum Gasteiger partial charge on any atom is -0.319 e. The zero-order valence-electron chi connectivity index (χ0n) is 13.1. The first-order valence-electron chi connectivity index (χ1n) is 7.23. The molecule has 0 saturated carbocycles. The molecule has 0 fully saturated rings. The number of nitrogens with zero attached hydrogens (tertiary/aromatic N) is 4. The van der Waals surface area contributed by atoms with Crippen molar-refractivity contribution in [1.82, 2.24) is 19.6 Å². The first kappa shape index (κ1) is 16.5. The quantitative estimate of drug-likeness (QED) is 0.767. The third kappa shape index (κ3) is 3.44. The highest BCUT2D eigenvalue weighted by Gasteiger charge is 2.15. The lowest BCUT2D eigenvalue weighted by molar-refractivity contribution is 0.102. The molecule has 0 saturated heterocycles. The molecule has 1 amide bonds. The van der Waals surface area contributed by atoms with E-state index in [4.69, 9.17) is 23.2 Å². The number of carbonyl (C=O) groups is 1. The molecule has 24 heavy (non-hydrogen) atoms. The van der Waals surface area contributed by atoms with Gasteiger partial charge in [-0.1, -0.05) is 23.2 Å². The Morgan fingerprint density at radius 2 is 1.88 bits per heavy atom. The summed E-state index contributed by atoms with van der Waals surface area (Å²) in [7, 11) is 0. The molecule has 2 aromatic heterocycles. The van der Waals surface area contributed by atoms with Crippen LogP contribution >= 0.6 is 23.2 Å². The molecule has 1 N–H and O–H groups in total. The molecule has 6 nitrogen and oxygen atoms in total. The van der Waals surface area contributed by atoms with Crippen LogP contribution in [0, 0.1) is 13.8 Å². The van der Waals surface area contributed by atoms with Gasteiger partial charge in [-0.15, -0.1) is 0 Å². The van der Waals surface area contributed by atoms with Crippen LogP contribution in [-0.2, 0) is 6.67 Å². The van der Waals surface area contributed by atoms with Crippen LogP contribution in [0.1, 0.15) is 21.7 Å². The van der Waals surface area contributed by atoms with Crippen molar-refractivity contribution in [3.63, 3.8) is 0 Å². The minimum absolute atomic E-state index is 0.209. The van der Waals surface area contributed by atoms with Gasteiger partial charge in [0.25, 0.3) is 5.91 Å². The monoisotopic (exact) mass is 363 g/mol. The number of hydrogen-bond donors (Lipinski definition) is 1. The van der Waals surface area contributed by atoms with Crippen molar-refractivity contribution in [2.45, 2.75) is 20.5 Å². The van der Waals surface area contributed by atoms with Gasteiger partial charge in [-0.05, 0) is 38.1 Å². The maximum atomic E-state index is 12.4. The number of rotatable bonds is 4. The van der Waals surface area contributed by atoms with Gasteiger partial charge < -0.3 is 5.32 Å². The van der Waals surface area contributed by atoms with E-state index in [1.807, 2.05) is 13.8 Å². The maximum Gasteiger partial charge on any atom is 0.255 e. The number of amides is 1. The van der Waals surface area contributed by atoms with Gasteiger partial charge in [0.05, 0.1) is 28.3 Å². The van der Waals surface area contributed by atoms with Crippen LogP contribution in [0.25, 0.3) is 0 Å². The Labute approximate surface area is 149 Å². The molecule has 3 rings (SSSR count). The molecule has 8 heteroatoms. The van der Waals surface area contributed by atoms with E-state index in [0.29, 0.717) is 28.0 Å². The Morgan fingerprint density at radius 3 is 2.50 bits per heavy atom. The number of carbonyl (C=O) groups excluding carboxylic acids is 1. The van der Waals surface area contributed by atoms with Gasteiger partial charge in [0.2, 0.25) is 0 Å². The summed E-state index contributed by atoms with van der Waals surface area (Å²) in [5.74, 6) is -0.209. The van der Waals surface area contributed by atoms with Crippen LogP contribution in [0.5, 0.6) is 0 Å². The molecular formula is C16H15Cl2N5O. The van der Waals surface area contributed by atoms with Gasteiger partial charge >= 0.3 is 0 Å². The van der Waals surface area contributed by atoms with Crippen molar-refractivity contribution in [2.75, 3.05) is 5.32 Å². The zero-order valence-corrected chi connectivity index (χ0v) is 14.6. The van der Waals surface area contributed by atoms with Gasteiger partial charge in [-0.2, -0.15) is 10.2 Å². The molecular weight excluding hydrogens is 349 g/mol. The molecule has 0 aliphatic rings. The molecule has 0 aliphatic heterocycles. The second-order valence-corrected chi connectivity index (χ2v) is 6.22. The van der Waals surface area contributed by atoms with Crippen LogP contribution in [0.4, 0.5) is 5.69 Å². The summed E-state index contributed by atoms with van der Waals surface area (Å²) in [5.41, 5.74) is 2.78. The molecule has 0 aliphatic carbocycles. The second-order valence-electron chi connectivity index (χ2n) is 5.35. The predicted molar refractivity (Wildman–Crippen MR) is 93.7 cm³/mol. The summed E-state index contributed by atoms with van der Waals surface area (Å²) in [6.07, 6.45) is 3.28. The van der Waals surface area contributed by atoms with Crippen LogP contribution in [0.15, 0.2) is 36.7 Å². The highest BCUT2D eigenvalue weighted by molar-refractivity contribution is 6.30. The number of nitrogens with one attached hydrogen (secondary N) is 1. The standard InChI is InChI=1S/C16H15Cl2N5O/c1-10-15(20-16(24)12-3-5-13(17)6-4-12)11(2)23(21-10)9-22-8-14(18)7-19-22/h3-8H,9H2,1-2H3,(H,20,24). The molecule has 0 spiro atoms.